The Balaban J connectivity index is 1.72. The van der Waals surface area contributed by atoms with Gasteiger partial charge < -0.3 is 9.64 Å². The normalized spacial score (nSPS) is 19.8. The Kier molecular flexibility index (Phi) is 5.58. The van der Waals surface area contributed by atoms with Crippen molar-refractivity contribution in [2.75, 3.05) is 25.4 Å². The lowest BCUT2D eigenvalue weighted by Crippen LogP contribution is -2.33. The third-order valence-electron chi connectivity index (χ3n) is 3.25. The van der Waals surface area contributed by atoms with E-state index in [1.54, 1.807) is 0 Å². The van der Waals surface area contributed by atoms with Crippen molar-refractivity contribution in [3.05, 3.63) is 30.3 Å². The monoisotopic (exact) mass is 279 g/mol. The Morgan fingerprint density at radius 3 is 2.95 bits per heavy atom. The van der Waals surface area contributed by atoms with E-state index < -0.39 is 0 Å². The van der Waals surface area contributed by atoms with E-state index in [9.17, 15) is 4.79 Å². The third kappa shape index (κ3) is 4.78. The molecule has 0 radical (unpaired) electrons. The standard InChI is InChI=1S/C15H21NO2S/c1-13-7-9-16(10-12-19-13)15(17)8-11-18-14-5-3-2-4-6-14/h2-6,13H,7-12H2,1H3. The van der Waals surface area contributed by atoms with Gasteiger partial charge in [0.15, 0.2) is 0 Å². The second-order valence-electron chi connectivity index (χ2n) is 4.76. The van der Waals surface area contributed by atoms with Gasteiger partial charge in [-0.3, -0.25) is 4.79 Å². The number of benzene rings is 1. The minimum Gasteiger partial charge on any atom is -0.493 e. The van der Waals surface area contributed by atoms with Crippen molar-refractivity contribution < 1.29 is 9.53 Å². The molecule has 3 nitrogen and oxygen atoms in total. The molecule has 1 aromatic carbocycles. The molecule has 1 unspecified atom stereocenters. The first kappa shape index (κ1) is 14.3. The molecule has 2 rings (SSSR count). The number of hydrogen-bond donors (Lipinski definition) is 0. The molecule has 19 heavy (non-hydrogen) atoms. The van der Waals surface area contributed by atoms with Gasteiger partial charge in [0.05, 0.1) is 13.0 Å². The predicted octanol–water partition coefficient (Wildman–Crippen LogP) is 2.81. The lowest BCUT2D eigenvalue weighted by molar-refractivity contribution is -0.131. The van der Waals surface area contributed by atoms with E-state index in [-0.39, 0.29) is 5.91 Å². The molecule has 0 spiro atoms. The van der Waals surface area contributed by atoms with E-state index in [0.717, 1.165) is 31.0 Å². The Labute approximate surface area is 119 Å². The molecular formula is C15H21NO2S. The Morgan fingerprint density at radius 1 is 1.37 bits per heavy atom. The quantitative estimate of drug-likeness (QED) is 0.849. The van der Waals surface area contributed by atoms with Gasteiger partial charge in [-0.1, -0.05) is 25.1 Å². The maximum Gasteiger partial charge on any atom is 0.226 e. The average Bonchev–Trinajstić information content (AvgIpc) is 2.65. The van der Waals surface area contributed by atoms with Crippen LogP contribution >= 0.6 is 11.8 Å². The van der Waals surface area contributed by atoms with Crippen molar-refractivity contribution in [2.24, 2.45) is 0 Å². The Bertz CT molecular complexity index is 396. The summed E-state index contributed by atoms with van der Waals surface area (Å²) in [4.78, 5) is 14.1. The number of hydrogen-bond acceptors (Lipinski definition) is 3. The van der Waals surface area contributed by atoms with Crippen molar-refractivity contribution in [3.8, 4) is 5.75 Å². The lowest BCUT2D eigenvalue weighted by atomic mass is 10.3. The lowest BCUT2D eigenvalue weighted by Gasteiger charge is -2.20. The van der Waals surface area contributed by atoms with E-state index in [2.05, 4.69) is 6.92 Å². The molecular weight excluding hydrogens is 258 g/mol. The number of thioether (sulfide) groups is 1. The molecule has 0 aromatic heterocycles. The van der Waals surface area contributed by atoms with Crippen LogP contribution in [0.1, 0.15) is 19.8 Å². The zero-order valence-electron chi connectivity index (χ0n) is 11.4. The van der Waals surface area contributed by atoms with Crippen molar-refractivity contribution in [1.29, 1.82) is 0 Å². The van der Waals surface area contributed by atoms with Gasteiger partial charge in [-0.15, -0.1) is 0 Å². The first-order chi connectivity index (χ1) is 9.25. The van der Waals surface area contributed by atoms with Crippen LogP contribution in [0.4, 0.5) is 0 Å². The number of carbonyl (C=O) groups is 1. The molecule has 0 saturated carbocycles. The number of ether oxygens (including phenoxy) is 1. The van der Waals surface area contributed by atoms with E-state index in [4.69, 9.17) is 4.74 Å². The summed E-state index contributed by atoms with van der Waals surface area (Å²) in [5.41, 5.74) is 0. The van der Waals surface area contributed by atoms with Gasteiger partial charge in [-0.2, -0.15) is 11.8 Å². The van der Waals surface area contributed by atoms with Crippen LogP contribution in [-0.4, -0.2) is 41.5 Å². The average molecular weight is 279 g/mol. The molecule has 1 atom stereocenters. The van der Waals surface area contributed by atoms with Crippen LogP contribution in [-0.2, 0) is 4.79 Å². The molecule has 1 aliphatic rings. The summed E-state index contributed by atoms with van der Waals surface area (Å²) in [6, 6.07) is 9.65. The van der Waals surface area contributed by atoms with Gasteiger partial charge in [0.25, 0.3) is 0 Å². The zero-order chi connectivity index (χ0) is 13.5. The number of rotatable bonds is 4. The summed E-state index contributed by atoms with van der Waals surface area (Å²) in [5, 5.41) is 0.665. The van der Waals surface area contributed by atoms with E-state index >= 15 is 0 Å². The highest BCUT2D eigenvalue weighted by Crippen LogP contribution is 2.19. The van der Waals surface area contributed by atoms with Gasteiger partial charge in [-0.25, -0.2) is 0 Å². The topological polar surface area (TPSA) is 29.5 Å². The van der Waals surface area contributed by atoms with Gasteiger partial charge in [0.2, 0.25) is 5.91 Å². The minimum atomic E-state index is 0.214. The first-order valence-electron chi connectivity index (χ1n) is 6.83. The minimum absolute atomic E-state index is 0.214. The highest BCUT2D eigenvalue weighted by atomic mass is 32.2. The first-order valence-corrected chi connectivity index (χ1v) is 7.88. The van der Waals surface area contributed by atoms with Crippen LogP contribution in [0, 0.1) is 0 Å². The highest BCUT2D eigenvalue weighted by Gasteiger charge is 2.18. The summed E-state index contributed by atoms with van der Waals surface area (Å²) in [5.74, 6) is 2.09. The Morgan fingerprint density at radius 2 is 2.16 bits per heavy atom. The molecule has 1 amide bonds. The summed E-state index contributed by atoms with van der Waals surface area (Å²) < 4.78 is 5.57. The highest BCUT2D eigenvalue weighted by molar-refractivity contribution is 7.99. The van der Waals surface area contributed by atoms with E-state index in [1.165, 1.54) is 0 Å². The van der Waals surface area contributed by atoms with Gasteiger partial charge in [0.1, 0.15) is 5.75 Å². The number of carbonyl (C=O) groups excluding carboxylic acids is 1. The molecule has 1 heterocycles. The van der Waals surface area contributed by atoms with Crippen molar-refractivity contribution >= 4 is 17.7 Å². The van der Waals surface area contributed by atoms with E-state index in [0.29, 0.717) is 18.3 Å². The summed E-state index contributed by atoms with van der Waals surface area (Å²) in [7, 11) is 0. The fourth-order valence-corrected chi connectivity index (χ4v) is 3.08. The fraction of sp³-hybridized carbons (Fsp3) is 0.533. The molecule has 1 aliphatic heterocycles. The van der Waals surface area contributed by atoms with Crippen LogP contribution in [0.3, 0.4) is 0 Å². The second-order valence-corrected chi connectivity index (χ2v) is 6.31. The maximum absolute atomic E-state index is 12.1. The zero-order valence-corrected chi connectivity index (χ0v) is 12.2. The molecule has 0 N–H and O–H groups in total. The number of nitrogens with zero attached hydrogens (tertiary/aromatic N) is 1. The maximum atomic E-state index is 12.1. The largest absolute Gasteiger partial charge is 0.493 e. The van der Waals surface area contributed by atoms with Gasteiger partial charge in [0, 0.05) is 24.1 Å². The molecule has 0 bridgehead atoms. The molecule has 104 valence electrons. The molecule has 1 fully saturated rings. The van der Waals surface area contributed by atoms with Gasteiger partial charge in [-0.05, 0) is 18.6 Å². The second kappa shape index (κ2) is 7.43. The number of para-hydroxylation sites is 1. The molecule has 0 aliphatic carbocycles. The summed E-state index contributed by atoms with van der Waals surface area (Å²) >= 11 is 1.96. The summed E-state index contributed by atoms with van der Waals surface area (Å²) in [6.07, 6.45) is 1.56. The Hall–Kier alpha value is -1.16. The van der Waals surface area contributed by atoms with Crippen molar-refractivity contribution in [3.63, 3.8) is 0 Å². The summed E-state index contributed by atoms with van der Waals surface area (Å²) in [6.45, 7) is 4.46. The van der Waals surface area contributed by atoms with Crippen molar-refractivity contribution in [2.45, 2.75) is 25.0 Å². The fourth-order valence-electron chi connectivity index (χ4n) is 2.08. The van der Waals surface area contributed by atoms with Crippen LogP contribution < -0.4 is 4.74 Å². The number of amides is 1. The van der Waals surface area contributed by atoms with Crippen LogP contribution in [0.2, 0.25) is 0 Å². The SMILES string of the molecule is CC1CCN(C(=O)CCOc2ccccc2)CCS1. The smallest absolute Gasteiger partial charge is 0.226 e. The molecule has 4 heteroatoms. The molecule has 1 saturated heterocycles. The predicted molar refractivity (Wildman–Crippen MR) is 79.7 cm³/mol. The van der Waals surface area contributed by atoms with E-state index in [1.807, 2.05) is 47.0 Å². The van der Waals surface area contributed by atoms with Crippen LogP contribution in [0.15, 0.2) is 30.3 Å². The van der Waals surface area contributed by atoms with Crippen LogP contribution in [0.5, 0.6) is 5.75 Å². The van der Waals surface area contributed by atoms with Crippen LogP contribution in [0.25, 0.3) is 0 Å². The van der Waals surface area contributed by atoms with Crippen molar-refractivity contribution in [1.82, 2.24) is 4.90 Å². The molecule has 1 aromatic rings. The van der Waals surface area contributed by atoms with Gasteiger partial charge >= 0.3 is 0 Å². The third-order valence-corrected chi connectivity index (χ3v) is 4.47.